The number of hydrogen-bond donors (Lipinski definition) is 0. The van der Waals surface area contributed by atoms with Crippen LogP contribution in [-0.2, 0) is 22.7 Å². The van der Waals surface area contributed by atoms with Crippen LogP contribution in [0.4, 0.5) is 0 Å². The van der Waals surface area contributed by atoms with Crippen LogP contribution in [0.5, 0.6) is 11.5 Å². The van der Waals surface area contributed by atoms with Gasteiger partial charge in [0.1, 0.15) is 11.5 Å². The molecule has 0 amide bonds. The van der Waals surface area contributed by atoms with Gasteiger partial charge in [-0.3, -0.25) is 0 Å². The number of nitriles is 2. The van der Waals surface area contributed by atoms with Gasteiger partial charge in [-0.05, 0) is 95.8 Å². The topological polar surface area (TPSA) is 100 Å². The summed E-state index contributed by atoms with van der Waals surface area (Å²) < 4.78 is 38.9. The van der Waals surface area contributed by atoms with E-state index in [1.165, 1.54) is 14.2 Å². The van der Waals surface area contributed by atoms with E-state index in [2.05, 4.69) is 12.1 Å². The maximum absolute atomic E-state index is 14.1. The second-order valence-corrected chi connectivity index (χ2v) is 10.3. The van der Waals surface area contributed by atoms with Crippen molar-refractivity contribution in [2.45, 2.75) is 22.6 Å². The predicted molar refractivity (Wildman–Crippen MR) is 139 cm³/mol. The SMILES string of the molecule is COc1ccc(S(=O)(=O)c2ccc(OC)cc2Cc2ccc(C#N)cc2)c(Cc2ccc(C#N)cc2)c1. The van der Waals surface area contributed by atoms with Crippen LogP contribution in [0.15, 0.2) is 94.7 Å². The van der Waals surface area contributed by atoms with Gasteiger partial charge in [-0.2, -0.15) is 10.5 Å². The lowest BCUT2D eigenvalue weighted by Crippen LogP contribution is -2.10. The molecule has 0 bridgehead atoms. The van der Waals surface area contributed by atoms with Crippen molar-refractivity contribution in [1.82, 2.24) is 0 Å². The van der Waals surface area contributed by atoms with Gasteiger partial charge >= 0.3 is 0 Å². The smallest absolute Gasteiger partial charge is 0.207 e. The van der Waals surface area contributed by atoms with Crippen LogP contribution >= 0.6 is 0 Å². The average Bonchev–Trinajstić information content (AvgIpc) is 2.93. The molecule has 0 atom stereocenters. The molecule has 4 rings (SSSR count). The molecule has 7 heteroatoms. The van der Waals surface area contributed by atoms with Crippen molar-refractivity contribution < 1.29 is 17.9 Å². The molecule has 184 valence electrons. The van der Waals surface area contributed by atoms with Gasteiger partial charge in [0.2, 0.25) is 9.84 Å². The Balaban J connectivity index is 1.80. The maximum Gasteiger partial charge on any atom is 0.207 e. The number of ether oxygens (including phenoxy) is 2. The third-order valence-corrected chi connectivity index (χ3v) is 8.02. The molecule has 37 heavy (non-hydrogen) atoms. The first-order valence-electron chi connectivity index (χ1n) is 11.4. The van der Waals surface area contributed by atoms with E-state index in [9.17, 15) is 8.42 Å². The Morgan fingerprint density at radius 3 is 1.32 bits per heavy atom. The Morgan fingerprint density at radius 1 is 0.622 bits per heavy atom. The normalized spacial score (nSPS) is 10.8. The number of sulfone groups is 1. The number of hydrogen-bond acceptors (Lipinski definition) is 6. The fourth-order valence-corrected chi connectivity index (χ4v) is 5.80. The Morgan fingerprint density at radius 2 is 1.00 bits per heavy atom. The Hall–Kier alpha value is -4.59. The molecule has 0 aliphatic rings. The standard InChI is InChI=1S/C30H24N2O4S/c1-35-27-11-13-29(25(17-27)15-21-3-7-23(19-31)8-4-21)37(33,34)30-14-12-28(36-2)18-26(30)16-22-5-9-24(20-32)10-6-22/h3-14,17-18H,15-16H2,1-2H3. The molecule has 0 saturated heterocycles. The zero-order valence-electron chi connectivity index (χ0n) is 20.4. The Labute approximate surface area is 216 Å². The molecule has 4 aromatic rings. The van der Waals surface area contributed by atoms with Gasteiger partial charge in [0.15, 0.2) is 0 Å². The lowest BCUT2D eigenvalue weighted by molar-refractivity contribution is 0.414. The van der Waals surface area contributed by atoms with Crippen LogP contribution in [0.25, 0.3) is 0 Å². The highest BCUT2D eigenvalue weighted by Gasteiger charge is 2.25. The van der Waals surface area contributed by atoms with Gasteiger partial charge in [-0.25, -0.2) is 8.42 Å². The molecule has 0 aromatic heterocycles. The zero-order valence-corrected chi connectivity index (χ0v) is 21.2. The van der Waals surface area contributed by atoms with E-state index in [0.29, 0.717) is 46.6 Å². The minimum atomic E-state index is -3.93. The van der Waals surface area contributed by atoms with Gasteiger partial charge in [-0.1, -0.05) is 24.3 Å². The van der Waals surface area contributed by atoms with Crippen molar-refractivity contribution >= 4 is 9.84 Å². The summed E-state index contributed by atoms with van der Waals surface area (Å²) in [6, 6.07) is 28.2. The quantitative estimate of drug-likeness (QED) is 0.313. The molecule has 0 aliphatic carbocycles. The Bertz CT molecular complexity index is 1500. The van der Waals surface area contributed by atoms with Crippen LogP contribution < -0.4 is 9.47 Å². The third-order valence-electron chi connectivity index (χ3n) is 6.07. The van der Waals surface area contributed by atoms with Crippen molar-refractivity contribution in [3.63, 3.8) is 0 Å². The second-order valence-electron chi connectivity index (χ2n) is 8.42. The molecule has 0 spiro atoms. The van der Waals surface area contributed by atoms with Crippen molar-refractivity contribution in [3.8, 4) is 23.6 Å². The lowest BCUT2D eigenvalue weighted by Gasteiger charge is -2.16. The predicted octanol–water partition coefficient (Wildman–Crippen LogP) is 5.46. The Kier molecular flexibility index (Phi) is 7.57. The van der Waals surface area contributed by atoms with Crippen molar-refractivity contribution in [1.29, 1.82) is 10.5 Å². The molecule has 0 radical (unpaired) electrons. The van der Waals surface area contributed by atoms with Crippen LogP contribution in [0.1, 0.15) is 33.4 Å². The second kappa shape index (κ2) is 11.0. The van der Waals surface area contributed by atoms with E-state index in [1.807, 2.05) is 24.3 Å². The zero-order chi connectivity index (χ0) is 26.4. The van der Waals surface area contributed by atoms with Gasteiger partial charge in [0.05, 0.1) is 47.3 Å². The summed E-state index contributed by atoms with van der Waals surface area (Å²) in [5.74, 6) is 1.10. The molecular weight excluding hydrogens is 484 g/mol. The summed E-state index contributed by atoms with van der Waals surface area (Å²) in [6.07, 6.45) is 0.692. The minimum absolute atomic E-state index is 0.184. The van der Waals surface area contributed by atoms with E-state index in [0.717, 1.165) is 11.1 Å². The molecule has 6 nitrogen and oxygen atoms in total. The number of benzene rings is 4. The molecule has 0 unspecified atom stereocenters. The molecular formula is C30H24N2O4S. The first-order valence-corrected chi connectivity index (χ1v) is 12.9. The summed E-state index contributed by atoms with van der Waals surface area (Å²) in [4.78, 5) is 0.368. The monoisotopic (exact) mass is 508 g/mol. The van der Waals surface area contributed by atoms with E-state index >= 15 is 0 Å². The first kappa shape index (κ1) is 25.5. The van der Waals surface area contributed by atoms with E-state index in [-0.39, 0.29) is 9.79 Å². The number of nitrogens with zero attached hydrogens (tertiary/aromatic N) is 2. The third kappa shape index (κ3) is 5.64. The first-order chi connectivity index (χ1) is 17.9. The highest BCUT2D eigenvalue weighted by atomic mass is 32.2. The van der Waals surface area contributed by atoms with Gasteiger partial charge in [0, 0.05) is 0 Å². The summed E-state index contributed by atoms with van der Waals surface area (Å²) in [5, 5.41) is 18.2. The van der Waals surface area contributed by atoms with Crippen molar-refractivity contribution in [2.75, 3.05) is 14.2 Å². The van der Waals surface area contributed by atoms with E-state index in [4.69, 9.17) is 20.0 Å². The number of methoxy groups -OCH3 is 2. The molecule has 0 N–H and O–H groups in total. The summed E-state index contributed by atoms with van der Waals surface area (Å²) in [5.41, 5.74) is 3.99. The molecule has 0 fully saturated rings. The largest absolute Gasteiger partial charge is 0.497 e. The maximum atomic E-state index is 14.1. The van der Waals surface area contributed by atoms with Crippen molar-refractivity contribution in [3.05, 3.63) is 118 Å². The van der Waals surface area contributed by atoms with Crippen LogP contribution in [-0.4, -0.2) is 22.6 Å². The summed E-state index contributed by atoms with van der Waals surface area (Å²) >= 11 is 0. The lowest BCUT2D eigenvalue weighted by atomic mass is 10.0. The van der Waals surface area contributed by atoms with Crippen LogP contribution in [0, 0.1) is 22.7 Å². The van der Waals surface area contributed by atoms with Crippen LogP contribution in [0.2, 0.25) is 0 Å². The van der Waals surface area contributed by atoms with E-state index in [1.54, 1.807) is 60.7 Å². The van der Waals surface area contributed by atoms with Gasteiger partial charge in [-0.15, -0.1) is 0 Å². The molecule has 4 aromatic carbocycles. The highest BCUT2D eigenvalue weighted by molar-refractivity contribution is 7.91. The van der Waals surface area contributed by atoms with Gasteiger partial charge < -0.3 is 9.47 Å². The van der Waals surface area contributed by atoms with Crippen molar-refractivity contribution in [2.24, 2.45) is 0 Å². The number of rotatable bonds is 8. The average molecular weight is 509 g/mol. The van der Waals surface area contributed by atoms with Gasteiger partial charge in [0.25, 0.3) is 0 Å². The molecule has 0 aliphatic heterocycles. The highest BCUT2D eigenvalue weighted by Crippen LogP contribution is 2.33. The fourth-order valence-electron chi connectivity index (χ4n) is 4.12. The summed E-state index contributed by atoms with van der Waals surface area (Å²) in [7, 11) is -0.860. The molecule has 0 saturated carbocycles. The van der Waals surface area contributed by atoms with E-state index < -0.39 is 9.84 Å². The molecule has 0 heterocycles. The minimum Gasteiger partial charge on any atom is -0.497 e. The van der Waals surface area contributed by atoms with Crippen LogP contribution in [0.3, 0.4) is 0 Å². The fraction of sp³-hybridized carbons (Fsp3) is 0.133. The summed E-state index contributed by atoms with van der Waals surface area (Å²) in [6.45, 7) is 0.